The second-order valence-electron chi connectivity index (χ2n) is 2.71. The summed E-state index contributed by atoms with van der Waals surface area (Å²) in [6.45, 7) is -1.08. The monoisotopic (exact) mass is 211 g/mol. The maximum atomic E-state index is 12.7. The van der Waals surface area contributed by atoms with E-state index in [4.69, 9.17) is 10.5 Å². The van der Waals surface area contributed by atoms with E-state index in [1.165, 1.54) is 6.20 Å². The van der Waals surface area contributed by atoms with Gasteiger partial charge in [0.05, 0.1) is 6.20 Å². The average molecular weight is 212 g/mol. The first kappa shape index (κ1) is 10.0. The van der Waals surface area contributed by atoms with Gasteiger partial charge in [-0.2, -0.15) is 5.10 Å². The molecule has 2 heterocycles. The first-order valence-electron chi connectivity index (χ1n) is 3.40. The largest absolute Gasteiger partial charge is 0.470 e. The highest BCUT2D eigenvalue weighted by atomic mass is 35.5. The lowest BCUT2D eigenvalue weighted by Crippen LogP contribution is -2.36. The molecule has 4 nitrogen and oxygen atoms in total. The predicted octanol–water partition coefficient (Wildman–Crippen LogP) is 0.915. The molecule has 0 unspecified atom stereocenters. The fourth-order valence-electron chi connectivity index (χ4n) is 1.10. The van der Waals surface area contributed by atoms with Crippen molar-refractivity contribution in [3.05, 3.63) is 6.20 Å². The zero-order valence-corrected chi connectivity index (χ0v) is 7.35. The van der Waals surface area contributed by atoms with Gasteiger partial charge in [0.15, 0.2) is 6.61 Å². The lowest BCUT2D eigenvalue weighted by Gasteiger charge is -2.23. The third kappa shape index (κ3) is 1.67. The van der Waals surface area contributed by atoms with Crippen molar-refractivity contribution in [2.75, 3.05) is 12.3 Å². The molecule has 0 amide bonds. The Bertz CT molecular complexity index is 315. The molecule has 13 heavy (non-hydrogen) atoms. The van der Waals surface area contributed by atoms with Gasteiger partial charge in [0.25, 0.3) is 0 Å². The number of nitrogens with zero attached hydrogens (tertiary/aromatic N) is 2. The second kappa shape index (κ2) is 3.02. The fraction of sp³-hybridized carbons (Fsp3) is 0.500. The molecule has 0 spiro atoms. The van der Waals surface area contributed by atoms with E-state index in [-0.39, 0.29) is 18.3 Å². The lowest BCUT2D eigenvalue weighted by atomic mass is 10.3. The van der Waals surface area contributed by atoms with Crippen molar-refractivity contribution < 1.29 is 13.5 Å². The Morgan fingerprint density at radius 1 is 1.62 bits per heavy atom. The van der Waals surface area contributed by atoms with Crippen molar-refractivity contribution in [1.29, 1.82) is 0 Å². The zero-order chi connectivity index (χ0) is 8.77. The number of rotatable bonds is 0. The van der Waals surface area contributed by atoms with Crippen LogP contribution in [0.3, 0.4) is 0 Å². The Balaban J connectivity index is 0.000000845. The number of fused-ring (bicyclic) bond motifs is 1. The minimum absolute atomic E-state index is 0. The fourth-order valence-corrected chi connectivity index (χ4v) is 1.10. The molecule has 0 aliphatic carbocycles. The van der Waals surface area contributed by atoms with E-state index in [1.807, 2.05) is 0 Å². The Labute approximate surface area is 79.1 Å². The van der Waals surface area contributed by atoms with E-state index in [0.717, 1.165) is 4.68 Å². The smallest absolute Gasteiger partial charge is 0.300 e. The summed E-state index contributed by atoms with van der Waals surface area (Å²) < 4.78 is 31.1. The minimum atomic E-state index is -2.84. The molecule has 1 aromatic heterocycles. The van der Waals surface area contributed by atoms with Gasteiger partial charge in [0, 0.05) is 0 Å². The van der Waals surface area contributed by atoms with Gasteiger partial charge >= 0.3 is 5.92 Å². The SMILES string of the molecule is Cl.Nc1cnn2c1OCC(F)(F)C2. The Morgan fingerprint density at radius 2 is 2.31 bits per heavy atom. The minimum Gasteiger partial charge on any atom is -0.470 e. The standard InChI is InChI=1S/C6H7F2N3O.ClH/c7-6(8)2-11-5(12-3-6)4(9)1-10-11;/h1H,2-3,9H2;1H. The van der Waals surface area contributed by atoms with E-state index in [1.54, 1.807) is 0 Å². The van der Waals surface area contributed by atoms with E-state index in [2.05, 4.69) is 5.10 Å². The average Bonchev–Trinajstić information content (AvgIpc) is 2.30. The number of hydrogen-bond donors (Lipinski definition) is 1. The number of anilines is 1. The summed E-state index contributed by atoms with van der Waals surface area (Å²) in [5, 5.41) is 3.64. The Hall–Kier alpha value is -1.04. The van der Waals surface area contributed by atoms with E-state index in [0.29, 0.717) is 5.69 Å². The summed E-state index contributed by atoms with van der Waals surface area (Å²) in [6, 6.07) is 0. The molecule has 0 aromatic carbocycles. The Kier molecular flexibility index (Phi) is 2.34. The van der Waals surface area contributed by atoms with E-state index >= 15 is 0 Å². The lowest BCUT2D eigenvalue weighted by molar-refractivity contribution is -0.0792. The van der Waals surface area contributed by atoms with Gasteiger partial charge in [-0.25, -0.2) is 13.5 Å². The van der Waals surface area contributed by atoms with Gasteiger partial charge in [-0.1, -0.05) is 0 Å². The summed E-state index contributed by atoms with van der Waals surface area (Å²) in [7, 11) is 0. The summed E-state index contributed by atoms with van der Waals surface area (Å²) in [5.41, 5.74) is 5.69. The van der Waals surface area contributed by atoms with Crippen LogP contribution < -0.4 is 10.5 Å². The highest BCUT2D eigenvalue weighted by Crippen LogP contribution is 2.30. The zero-order valence-electron chi connectivity index (χ0n) is 6.54. The van der Waals surface area contributed by atoms with Gasteiger partial charge in [-0.15, -0.1) is 12.4 Å². The van der Waals surface area contributed by atoms with Crippen molar-refractivity contribution in [3.63, 3.8) is 0 Å². The quantitative estimate of drug-likeness (QED) is 0.694. The van der Waals surface area contributed by atoms with Gasteiger partial charge in [-0.05, 0) is 0 Å². The molecule has 2 N–H and O–H groups in total. The summed E-state index contributed by atoms with van der Waals surface area (Å²) >= 11 is 0. The number of ether oxygens (including phenoxy) is 1. The first-order valence-corrected chi connectivity index (χ1v) is 3.40. The van der Waals surface area contributed by atoms with Crippen LogP contribution in [0.25, 0.3) is 0 Å². The first-order chi connectivity index (χ1) is 5.58. The molecule has 0 fully saturated rings. The molecule has 1 aliphatic heterocycles. The third-order valence-electron chi connectivity index (χ3n) is 1.62. The van der Waals surface area contributed by atoms with Crippen LogP contribution in [0.2, 0.25) is 0 Å². The van der Waals surface area contributed by atoms with Crippen LogP contribution in [0, 0.1) is 0 Å². The molecule has 0 saturated heterocycles. The summed E-state index contributed by atoms with van der Waals surface area (Å²) in [5.74, 6) is -2.60. The van der Waals surface area contributed by atoms with Crippen LogP contribution in [0.1, 0.15) is 0 Å². The van der Waals surface area contributed by atoms with Crippen molar-refractivity contribution in [2.45, 2.75) is 12.5 Å². The number of nitrogens with two attached hydrogens (primary N) is 1. The van der Waals surface area contributed by atoms with Crippen LogP contribution in [-0.2, 0) is 6.54 Å². The molecule has 1 aromatic rings. The van der Waals surface area contributed by atoms with Crippen molar-refractivity contribution in [3.8, 4) is 5.88 Å². The van der Waals surface area contributed by atoms with Crippen LogP contribution in [0.4, 0.5) is 14.5 Å². The number of aromatic nitrogens is 2. The van der Waals surface area contributed by atoms with E-state index < -0.39 is 19.1 Å². The van der Waals surface area contributed by atoms with Crippen LogP contribution in [0.5, 0.6) is 5.88 Å². The molecule has 0 radical (unpaired) electrons. The molecule has 0 atom stereocenters. The predicted molar refractivity (Wildman–Crippen MR) is 44.3 cm³/mol. The third-order valence-corrected chi connectivity index (χ3v) is 1.62. The molecule has 7 heteroatoms. The summed E-state index contributed by atoms with van der Waals surface area (Å²) in [6.07, 6.45) is 1.30. The van der Waals surface area contributed by atoms with Crippen LogP contribution in [0.15, 0.2) is 6.20 Å². The highest BCUT2D eigenvalue weighted by Gasteiger charge is 2.37. The number of halogens is 3. The molecule has 2 rings (SSSR count). The number of nitrogen functional groups attached to an aromatic ring is 1. The normalized spacial score (nSPS) is 18.3. The molecule has 1 aliphatic rings. The van der Waals surface area contributed by atoms with E-state index in [9.17, 15) is 8.78 Å². The van der Waals surface area contributed by atoms with Crippen LogP contribution in [-0.4, -0.2) is 22.3 Å². The molecular formula is C6H8ClF2N3O. The van der Waals surface area contributed by atoms with Crippen molar-refractivity contribution in [1.82, 2.24) is 9.78 Å². The summed E-state index contributed by atoms with van der Waals surface area (Å²) in [4.78, 5) is 0. The molecular weight excluding hydrogens is 204 g/mol. The molecule has 0 bridgehead atoms. The second-order valence-corrected chi connectivity index (χ2v) is 2.71. The van der Waals surface area contributed by atoms with Gasteiger partial charge in [-0.3, -0.25) is 0 Å². The topological polar surface area (TPSA) is 53.1 Å². The maximum absolute atomic E-state index is 12.7. The number of hydrogen-bond acceptors (Lipinski definition) is 3. The molecule has 74 valence electrons. The number of alkyl halides is 2. The molecule has 0 saturated carbocycles. The maximum Gasteiger partial charge on any atom is 0.300 e. The van der Waals surface area contributed by atoms with Gasteiger partial charge < -0.3 is 10.5 Å². The van der Waals surface area contributed by atoms with Gasteiger partial charge in [0.1, 0.15) is 12.2 Å². The Morgan fingerprint density at radius 3 is 3.00 bits per heavy atom. The highest BCUT2D eigenvalue weighted by molar-refractivity contribution is 5.85. The van der Waals surface area contributed by atoms with Crippen molar-refractivity contribution in [2.24, 2.45) is 0 Å². The van der Waals surface area contributed by atoms with Gasteiger partial charge in [0.2, 0.25) is 5.88 Å². The van der Waals surface area contributed by atoms with Crippen LogP contribution >= 0.6 is 12.4 Å². The van der Waals surface area contributed by atoms with Crippen molar-refractivity contribution >= 4 is 18.1 Å².